The molecule has 0 aliphatic heterocycles. The van der Waals surface area contributed by atoms with Crippen molar-refractivity contribution in [1.82, 2.24) is 0 Å². The number of halogens is 17. The molecule has 18 heteroatoms. The number of aromatic hydroxyl groups is 1. The van der Waals surface area contributed by atoms with Gasteiger partial charge in [0.25, 0.3) is 0 Å². The minimum atomic E-state index is -8.63. The summed E-state index contributed by atoms with van der Waals surface area (Å²) in [6.07, 6.45) is -12.5. The van der Waals surface area contributed by atoms with Gasteiger partial charge in [0.2, 0.25) is 0 Å². The summed E-state index contributed by atoms with van der Waals surface area (Å²) in [5.41, 5.74) is -0.260. The molecule has 0 heterocycles. The highest BCUT2D eigenvalue weighted by Gasteiger charge is 2.95. The Morgan fingerprint density at radius 3 is 1.29 bits per heavy atom. The van der Waals surface area contributed by atoms with Gasteiger partial charge in [-0.25, -0.2) is 0 Å². The number of hydrogen-bond acceptors (Lipinski definition) is 1. The predicted molar refractivity (Wildman–Crippen MR) is 81.7 cm³/mol. The van der Waals surface area contributed by atoms with Crippen LogP contribution in [0.15, 0.2) is 24.3 Å². The van der Waals surface area contributed by atoms with Crippen LogP contribution >= 0.6 is 0 Å². The van der Waals surface area contributed by atoms with Gasteiger partial charge in [0.05, 0.1) is 0 Å². The second-order valence-electron chi connectivity index (χ2n) is 7.13. The van der Waals surface area contributed by atoms with Crippen molar-refractivity contribution < 1.29 is 79.7 Å². The minimum absolute atomic E-state index is 0.260. The maximum Gasteiger partial charge on any atom is 0.460 e. The van der Waals surface area contributed by atoms with Crippen molar-refractivity contribution >= 4 is 0 Å². The van der Waals surface area contributed by atoms with Crippen LogP contribution in [0.3, 0.4) is 0 Å². The molecule has 1 aromatic carbocycles. The van der Waals surface area contributed by atoms with E-state index in [1.165, 1.54) is 12.1 Å². The fourth-order valence-corrected chi connectivity index (χ4v) is 2.58. The molecule has 0 fully saturated rings. The van der Waals surface area contributed by atoms with Gasteiger partial charge in [-0.1, -0.05) is 18.2 Å². The molecule has 0 unspecified atom stereocenters. The first-order valence-electron chi connectivity index (χ1n) is 8.72. The van der Waals surface area contributed by atoms with E-state index in [0.29, 0.717) is 0 Å². The first kappa shape index (κ1) is 30.9. The summed E-state index contributed by atoms with van der Waals surface area (Å²) >= 11 is 0. The van der Waals surface area contributed by atoms with Crippen LogP contribution in [-0.4, -0.2) is 52.7 Å². The molecular weight excluding hydrogens is 543 g/mol. The van der Waals surface area contributed by atoms with Crippen LogP contribution in [0, 0.1) is 0 Å². The third-order valence-electron chi connectivity index (χ3n) is 4.72. The van der Waals surface area contributed by atoms with Gasteiger partial charge in [-0.15, -0.1) is 0 Å². The molecule has 0 spiro atoms. The lowest BCUT2D eigenvalue weighted by Crippen LogP contribution is -2.74. The molecule has 35 heavy (non-hydrogen) atoms. The quantitative estimate of drug-likeness (QED) is 0.294. The average Bonchev–Trinajstić information content (AvgIpc) is 2.67. The average molecular weight is 554 g/mol. The Labute approximate surface area is 183 Å². The number of rotatable bonds is 10. The molecule has 1 nitrogen and oxygen atoms in total. The third-order valence-corrected chi connectivity index (χ3v) is 4.72. The lowest BCUT2D eigenvalue weighted by molar-refractivity contribution is -0.461. The maximum atomic E-state index is 13.8. The largest absolute Gasteiger partial charge is 0.508 e. The van der Waals surface area contributed by atoms with Crippen molar-refractivity contribution in [2.24, 2.45) is 0 Å². The molecule has 204 valence electrons. The van der Waals surface area contributed by atoms with Crippen LogP contribution in [0.2, 0.25) is 0 Å². The highest BCUT2D eigenvalue weighted by molar-refractivity contribution is 5.31. The number of phenolic OH excluding ortho intramolecular Hbond substituents is 1. The molecule has 0 aliphatic carbocycles. The molecular formula is C17H11F17O. The Hall–Kier alpha value is -2.17. The van der Waals surface area contributed by atoms with Crippen molar-refractivity contribution in [1.29, 1.82) is 0 Å². The predicted octanol–water partition coefficient (Wildman–Crippen LogP) is 7.72. The Balaban J connectivity index is 3.37. The van der Waals surface area contributed by atoms with Gasteiger partial charge in [-0.2, -0.15) is 74.6 Å². The molecule has 0 radical (unpaired) electrons. The van der Waals surface area contributed by atoms with Crippen molar-refractivity contribution in [2.45, 2.75) is 66.9 Å². The summed E-state index contributed by atoms with van der Waals surface area (Å²) in [6, 6.07) is 4.34. The molecule has 0 bridgehead atoms. The van der Waals surface area contributed by atoms with E-state index in [4.69, 9.17) is 0 Å². The standard InChI is InChI=1S/C17H11F17O/c18-10(19,7-3-5-8-4-1-2-6-9(8)35)11(20,21)12(22,23)13(24,25)14(26,27)15(28,29)16(30,31)17(32,33)34/h1-2,4,6,35H,3,5,7H2. The van der Waals surface area contributed by atoms with Gasteiger partial charge >= 0.3 is 47.6 Å². The molecule has 0 aliphatic rings. The van der Waals surface area contributed by atoms with Gasteiger partial charge < -0.3 is 5.11 Å². The normalized spacial score (nSPS) is 15.5. The van der Waals surface area contributed by atoms with Crippen LogP contribution in [0.25, 0.3) is 0 Å². The summed E-state index contributed by atoms with van der Waals surface area (Å²) in [5.74, 6) is -56.9. The Bertz CT molecular complexity index is 887. The van der Waals surface area contributed by atoms with Gasteiger partial charge in [0.1, 0.15) is 5.75 Å². The molecule has 0 amide bonds. The Morgan fingerprint density at radius 1 is 0.514 bits per heavy atom. The van der Waals surface area contributed by atoms with Crippen molar-refractivity contribution in [3.63, 3.8) is 0 Å². The summed E-state index contributed by atoms with van der Waals surface area (Å²) in [4.78, 5) is 0. The summed E-state index contributed by atoms with van der Waals surface area (Å²) < 4.78 is 224. The minimum Gasteiger partial charge on any atom is -0.508 e. The zero-order chi connectivity index (χ0) is 28.1. The number of aryl methyl sites for hydroxylation is 1. The molecule has 1 rings (SSSR count). The number of benzene rings is 1. The van der Waals surface area contributed by atoms with Crippen LogP contribution < -0.4 is 0 Å². The topological polar surface area (TPSA) is 20.2 Å². The van der Waals surface area contributed by atoms with Crippen molar-refractivity contribution in [3.05, 3.63) is 29.8 Å². The summed E-state index contributed by atoms with van der Waals surface area (Å²) in [7, 11) is 0. The molecule has 0 saturated heterocycles. The van der Waals surface area contributed by atoms with Crippen LogP contribution in [0.5, 0.6) is 5.75 Å². The van der Waals surface area contributed by atoms with E-state index < -0.39 is 72.6 Å². The van der Waals surface area contributed by atoms with Gasteiger partial charge in [-0.05, 0) is 24.5 Å². The smallest absolute Gasteiger partial charge is 0.460 e. The van der Waals surface area contributed by atoms with Crippen LogP contribution in [0.1, 0.15) is 18.4 Å². The summed E-state index contributed by atoms with van der Waals surface area (Å²) in [5, 5.41) is 9.37. The van der Waals surface area contributed by atoms with Crippen molar-refractivity contribution in [3.8, 4) is 5.75 Å². The van der Waals surface area contributed by atoms with Gasteiger partial charge in [0, 0.05) is 6.42 Å². The highest BCUT2D eigenvalue weighted by atomic mass is 19.4. The number of phenols is 1. The first-order chi connectivity index (χ1) is 15.2. The van der Waals surface area contributed by atoms with E-state index in [-0.39, 0.29) is 5.56 Å². The maximum absolute atomic E-state index is 13.8. The molecule has 1 aromatic rings. The first-order valence-corrected chi connectivity index (χ1v) is 8.72. The van der Waals surface area contributed by atoms with Gasteiger partial charge in [0.15, 0.2) is 0 Å². The number of alkyl halides is 17. The Morgan fingerprint density at radius 2 is 0.886 bits per heavy atom. The highest BCUT2D eigenvalue weighted by Crippen LogP contribution is 2.64. The number of para-hydroxylation sites is 1. The lowest BCUT2D eigenvalue weighted by Gasteiger charge is -2.42. The third kappa shape index (κ3) is 4.56. The fourth-order valence-electron chi connectivity index (χ4n) is 2.58. The van der Waals surface area contributed by atoms with E-state index in [0.717, 1.165) is 12.1 Å². The van der Waals surface area contributed by atoms with E-state index >= 15 is 0 Å². The fraction of sp³-hybridized carbons (Fsp3) is 0.647. The second-order valence-corrected chi connectivity index (χ2v) is 7.13. The summed E-state index contributed by atoms with van der Waals surface area (Å²) in [6.45, 7) is 0. The molecule has 0 saturated carbocycles. The van der Waals surface area contributed by atoms with Gasteiger partial charge in [-0.3, -0.25) is 0 Å². The van der Waals surface area contributed by atoms with E-state index in [1.54, 1.807) is 0 Å². The van der Waals surface area contributed by atoms with E-state index in [1.807, 2.05) is 0 Å². The zero-order valence-electron chi connectivity index (χ0n) is 16.3. The van der Waals surface area contributed by atoms with Crippen LogP contribution in [0.4, 0.5) is 74.6 Å². The lowest BCUT2D eigenvalue weighted by atomic mass is 9.87. The molecule has 0 atom stereocenters. The van der Waals surface area contributed by atoms with E-state index in [9.17, 15) is 79.7 Å². The SMILES string of the molecule is Oc1ccccc1CCCC(F)(F)C(F)(F)C(F)(F)C(F)(F)C(F)(F)C(F)(F)C(F)(F)C(F)(F)F. The van der Waals surface area contributed by atoms with E-state index in [2.05, 4.69) is 0 Å². The zero-order valence-corrected chi connectivity index (χ0v) is 16.3. The second kappa shape index (κ2) is 8.74. The Kier molecular flexibility index (Phi) is 7.71. The number of hydrogen-bond donors (Lipinski definition) is 1. The molecule has 1 N–H and O–H groups in total. The monoisotopic (exact) mass is 554 g/mol. The van der Waals surface area contributed by atoms with Crippen LogP contribution in [-0.2, 0) is 6.42 Å². The van der Waals surface area contributed by atoms with Crippen molar-refractivity contribution in [2.75, 3.05) is 0 Å². The molecule has 0 aromatic heterocycles.